The smallest absolute Gasteiger partial charge is 0.303 e. The van der Waals surface area contributed by atoms with Crippen LogP contribution < -0.4 is 0 Å². The second-order valence-electron chi connectivity index (χ2n) is 8.59. The number of phenolic OH excluding ortho intramolecular Hbond substituents is 1. The van der Waals surface area contributed by atoms with Crippen molar-refractivity contribution in [2.45, 2.75) is 111 Å². The van der Waals surface area contributed by atoms with E-state index >= 15 is 0 Å². The molecule has 0 amide bonds. The SMILES string of the molecule is CCCCC/C=C\C/C=C\CCCCCCCC(=O)O.Cc1ccc(C(C)C)c(O)c1. The van der Waals surface area contributed by atoms with E-state index in [9.17, 15) is 9.90 Å². The molecule has 176 valence electrons. The molecule has 1 aromatic rings. The zero-order valence-corrected chi connectivity index (χ0v) is 20.4. The standard InChI is InChI=1S/C18H32O2.C10H14O/c1-2-3-4-5-6-7-8-9-10-11-12-13-14-15-16-17-18(19)20;1-7(2)9-5-4-8(3)6-10(9)11/h6-7,9-10H,2-5,8,11-17H2,1H3,(H,19,20);4-7,11H,1-3H3/b7-6-,10-9-;. The molecule has 3 heteroatoms. The van der Waals surface area contributed by atoms with Gasteiger partial charge >= 0.3 is 5.97 Å². The molecule has 0 atom stereocenters. The van der Waals surface area contributed by atoms with Gasteiger partial charge in [-0.25, -0.2) is 0 Å². The Labute approximate surface area is 191 Å². The molecule has 0 radical (unpaired) electrons. The highest BCUT2D eigenvalue weighted by atomic mass is 16.4. The molecule has 0 aromatic heterocycles. The van der Waals surface area contributed by atoms with Crippen LogP contribution in [-0.2, 0) is 4.79 Å². The molecule has 0 fully saturated rings. The lowest BCUT2D eigenvalue weighted by Gasteiger charge is -2.07. The number of hydrogen-bond acceptors (Lipinski definition) is 2. The molecule has 1 rings (SSSR count). The third kappa shape index (κ3) is 18.5. The van der Waals surface area contributed by atoms with Crippen molar-refractivity contribution in [2.24, 2.45) is 0 Å². The van der Waals surface area contributed by atoms with Gasteiger partial charge in [-0.3, -0.25) is 4.79 Å². The Balaban J connectivity index is 0.000000683. The van der Waals surface area contributed by atoms with Crippen LogP contribution in [0.1, 0.15) is 115 Å². The van der Waals surface area contributed by atoms with Gasteiger partial charge in [-0.05, 0) is 68.6 Å². The van der Waals surface area contributed by atoms with Crippen LogP contribution in [0.4, 0.5) is 0 Å². The number of rotatable bonds is 15. The lowest BCUT2D eigenvalue weighted by atomic mass is 10.0. The Morgan fingerprint density at radius 1 is 0.903 bits per heavy atom. The molecule has 0 bridgehead atoms. The molecule has 0 saturated carbocycles. The maximum atomic E-state index is 10.3. The van der Waals surface area contributed by atoms with E-state index in [1.807, 2.05) is 19.1 Å². The Morgan fingerprint density at radius 2 is 1.48 bits per heavy atom. The number of aryl methyl sites for hydroxylation is 1. The minimum absolute atomic E-state index is 0.324. The van der Waals surface area contributed by atoms with E-state index in [2.05, 4.69) is 45.1 Å². The summed E-state index contributed by atoms with van der Waals surface area (Å²) >= 11 is 0. The van der Waals surface area contributed by atoms with Crippen molar-refractivity contribution in [3.05, 3.63) is 53.6 Å². The van der Waals surface area contributed by atoms with Crippen LogP contribution >= 0.6 is 0 Å². The van der Waals surface area contributed by atoms with Crippen molar-refractivity contribution < 1.29 is 15.0 Å². The third-order valence-corrected chi connectivity index (χ3v) is 5.15. The van der Waals surface area contributed by atoms with Crippen molar-refractivity contribution in [3.8, 4) is 5.75 Å². The maximum absolute atomic E-state index is 10.3. The van der Waals surface area contributed by atoms with Crippen molar-refractivity contribution in [1.29, 1.82) is 0 Å². The molecule has 2 N–H and O–H groups in total. The number of carboxylic acid groups (broad SMARTS) is 1. The molecule has 1 aromatic carbocycles. The Hall–Kier alpha value is -2.03. The average molecular weight is 431 g/mol. The predicted molar refractivity (Wildman–Crippen MR) is 134 cm³/mol. The second-order valence-corrected chi connectivity index (χ2v) is 8.59. The van der Waals surface area contributed by atoms with Gasteiger partial charge in [0.1, 0.15) is 5.75 Å². The van der Waals surface area contributed by atoms with Crippen molar-refractivity contribution in [3.63, 3.8) is 0 Å². The number of benzene rings is 1. The topological polar surface area (TPSA) is 57.5 Å². The lowest BCUT2D eigenvalue weighted by Crippen LogP contribution is -1.93. The van der Waals surface area contributed by atoms with Gasteiger partial charge in [0.25, 0.3) is 0 Å². The van der Waals surface area contributed by atoms with Gasteiger partial charge in [0.05, 0.1) is 0 Å². The highest BCUT2D eigenvalue weighted by molar-refractivity contribution is 5.66. The molecule has 0 aliphatic heterocycles. The third-order valence-electron chi connectivity index (χ3n) is 5.15. The maximum Gasteiger partial charge on any atom is 0.303 e. The summed E-state index contributed by atoms with van der Waals surface area (Å²) in [6.45, 7) is 8.36. The Bertz CT molecular complexity index is 629. The highest BCUT2D eigenvalue weighted by Crippen LogP contribution is 2.25. The van der Waals surface area contributed by atoms with Crippen LogP contribution in [-0.4, -0.2) is 16.2 Å². The number of hydrogen-bond donors (Lipinski definition) is 2. The van der Waals surface area contributed by atoms with E-state index in [0.29, 0.717) is 18.1 Å². The quantitative estimate of drug-likeness (QED) is 0.216. The van der Waals surface area contributed by atoms with E-state index in [4.69, 9.17) is 5.11 Å². The Kier molecular flexibility index (Phi) is 18.6. The van der Waals surface area contributed by atoms with Crippen LogP contribution in [0.2, 0.25) is 0 Å². The van der Waals surface area contributed by atoms with Gasteiger partial charge in [-0.15, -0.1) is 0 Å². The van der Waals surface area contributed by atoms with Gasteiger partial charge < -0.3 is 10.2 Å². The van der Waals surface area contributed by atoms with E-state index in [1.54, 1.807) is 6.07 Å². The molecule has 0 saturated heterocycles. The number of aromatic hydroxyl groups is 1. The highest BCUT2D eigenvalue weighted by Gasteiger charge is 2.04. The number of unbranched alkanes of at least 4 members (excludes halogenated alkanes) is 8. The number of aliphatic carboxylic acids is 1. The minimum Gasteiger partial charge on any atom is -0.508 e. The fraction of sp³-hybridized carbons (Fsp3) is 0.607. The summed E-state index contributed by atoms with van der Waals surface area (Å²) in [5, 5.41) is 18.0. The van der Waals surface area contributed by atoms with Crippen LogP contribution in [0.25, 0.3) is 0 Å². The number of carbonyl (C=O) groups is 1. The first-order chi connectivity index (χ1) is 14.9. The average Bonchev–Trinajstić information content (AvgIpc) is 2.71. The zero-order valence-electron chi connectivity index (χ0n) is 20.4. The summed E-state index contributed by atoms with van der Waals surface area (Å²) in [5.74, 6) is 0.145. The van der Waals surface area contributed by atoms with Gasteiger partial charge in [-0.1, -0.05) is 89.3 Å². The number of allylic oxidation sites excluding steroid dienone is 4. The van der Waals surface area contributed by atoms with Crippen LogP contribution in [0.15, 0.2) is 42.5 Å². The molecular weight excluding hydrogens is 384 g/mol. The van der Waals surface area contributed by atoms with Crippen molar-refractivity contribution >= 4 is 5.97 Å². The molecule has 31 heavy (non-hydrogen) atoms. The van der Waals surface area contributed by atoms with Gasteiger partial charge in [-0.2, -0.15) is 0 Å². The van der Waals surface area contributed by atoms with E-state index in [-0.39, 0.29) is 0 Å². The molecular formula is C28H46O3. The largest absolute Gasteiger partial charge is 0.508 e. The summed E-state index contributed by atoms with van der Waals surface area (Å²) in [6, 6.07) is 5.81. The summed E-state index contributed by atoms with van der Waals surface area (Å²) < 4.78 is 0. The fourth-order valence-corrected chi connectivity index (χ4v) is 3.23. The molecule has 0 unspecified atom stereocenters. The summed E-state index contributed by atoms with van der Waals surface area (Å²) in [7, 11) is 0. The normalized spacial score (nSPS) is 11.3. The summed E-state index contributed by atoms with van der Waals surface area (Å²) in [6.07, 6.45) is 22.3. The number of phenols is 1. The van der Waals surface area contributed by atoms with Crippen LogP contribution in [0.3, 0.4) is 0 Å². The minimum atomic E-state index is -0.671. The van der Waals surface area contributed by atoms with Crippen molar-refractivity contribution in [2.75, 3.05) is 0 Å². The predicted octanol–water partition coefficient (Wildman–Crippen LogP) is 8.71. The lowest BCUT2D eigenvalue weighted by molar-refractivity contribution is -0.137. The zero-order chi connectivity index (χ0) is 23.3. The van der Waals surface area contributed by atoms with Gasteiger partial charge in [0.2, 0.25) is 0 Å². The van der Waals surface area contributed by atoms with E-state index in [1.165, 1.54) is 44.9 Å². The van der Waals surface area contributed by atoms with Gasteiger partial charge in [0.15, 0.2) is 0 Å². The van der Waals surface area contributed by atoms with E-state index in [0.717, 1.165) is 36.8 Å². The van der Waals surface area contributed by atoms with Crippen LogP contribution in [0, 0.1) is 6.92 Å². The summed E-state index contributed by atoms with van der Waals surface area (Å²) in [4.78, 5) is 10.3. The molecule has 0 aliphatic rings. The molecule has 3 nitrogen and oxygen atoms in total. The molecule has 0 spiro atoms. The second kappa shape index (κ2) is 19.9. The summed E-state index contributed by atoms with van der Waals surface area (Å²) in [5.41, 5.74) is 2.13. The first-order valence-electron chi connectivity index (χ1n) is 12.2. The molecule has 0 heterocycles. The van der Waals surface area contributed by atoms with Crippen molar-refractivity contribution in [1.82, 2.24) is 0 Å². The first kappa shape index (κ1) is 29.0. The monoisotopic (exact) mass is 430 g/mol. The first-order valence-corrected chi connectivity index (χ1v) is 12.2. The fourth-order valence-electron chi connectivity index (χ4n) is 3.23. The van der Waals surface area contributed by atoms with Crippen LogP contribution in [0.5, 0.6) is 5.75 Å². The number of carboxylic acids is 1. The molecule has 0 aliphatic carbocycles. The van der Waals surface area contributed by atoms with Gasteiger partial charge in [0, 0.05) is 6.42 Å². The Morgan fingerprint density at radius 3 is 2.03 bits per heavy atom. The van der Waals surface area contributed by atoms with E-state index < -0.39 is 5.97 Å².